The predicted octanol–water partition coefficient (Wildman–Crippen LogP) is 6.21. The molecule has 0 spiro atoms. The molecule has 186 valence electrons. The third-order valence-electron chi connectivity index (χ3n) is 6.68. The summed E-state index contributed by atoms with van der Waals surface area (Å²) in [6.45, 7) is 8.65. The maximum absolute atomic E-state index is 13.7. The van der Waals surface area contributed by atoms with Crippen LogP contribution in [-0.4, -0.2) is 29.5 Å². The Morgan fingerprint density at radius 2 is 1.67 bits per heavy atom. The Labute approximate surface area is 213 Å². The molecule has 3 aromatic rings. The summed E-state index contributed by atoms with van der Waals surface area (Å²) in [7, 11) is 0. The lowest BCUT2D eigenvalue weighted by molar-refractivity contribution is -0.133. The number of nitrogens with zero attached hydrogens (tertiary/aromatic N) is 1. The fourth-order valence-corrected chi connectivity index (χ4v) is 4.78. The van der Waals surface area contributed by atoms with Gasteiger partial charge in [0, 0.05) is 5.92 Å². The van der Waals surface area contributed by atoms with Gasteiger partial charge in [0.2, 0.25) is 5.91 Å². The summed E-state index contributed by atoms with van der Waals surface area (Å²) in [5.41, 5.74) is 5.39. The second-order valence-electron chi connectivity index (χ2n) is 9.36. The van der Waals surface area contributed by atoms with Crippen LogP contribution in [0.1, 0.15) is 34.2 Å². The van der Waals surface area contributed by atoms with Gasteiger partial charge in [0.15, 0.2) is 0 Å². The van der Waals surface area contributed by atoms with E-state index in [1.807, 2.05) is 86.6 Å². The molecule has 1 aliphatic rings. The summed E-state index contributed by atoms with van der Waals surface area (Å²) in [6.07, 6.45) is 2.76. The topological polar surface area (TPSA) is 55.8 Å². The van der Waals surface area contributed by atoms with Gasteiger partial charge < -0.3 is 9.47 Å². The molecule has 1 fully saturated rings. The van der Waals surface area contributed by atoms with Gasteiger partial charge in [-0.1, -0.05) is 66.7 Å². The lowest BCUT2D eigenvalue weighted by Crippen LogP contribution is -2.44. The normalized spacial score (nSPS) is 15.9. The SMILES string of the molecule is C=CCC(Cc1c(C)cc(OCc2ccccc2)cc1C)C(=O)N1C(=O)OCC1Cc1ccccc1. The minimum atomic E-state index is -0.562. The van der Waals surface area contributed by atoms with E-state index in [1.54, 1.807) is 6.08 Å². The zero-order valence-electron chi connectivity index (χ0n) is 21.0. The molecular weight excluding hydrogens is 450 g/mol. The maximum Gasteiger partial charge on any atom is 0.416 e. The number of amides is 2. The van der Waals surface area contributed by atoms with E-state index in [0.29, 0.717) is 25.9 Å². The molecule has 2 unspecified atom stereocenters. The Morgan fingerprint density at radius 3 is 2.28 bits per heavy atom. The first kappa shape index (κ1) is 25.2. The highest BCUT2D eigenvalue weighted by Crippen LogP contribution is 2.29. The lowest BCUT2D eigenvalue weighted by atomic mass is 9.89. The summed E-state index contributed by atoms with van der Waals surface area (Å²) in [5.74, 6) is 0.191. The van der Waals surface area contributed by atoms with Crippen molar-refractivity contribution >= 4 is 12.0 Å². The second-order valence-corrected chi connectivity index (χ2v) is 9.36. The molecule has 0 saturated carbocycles. The van der Waals surface area contributed by atoms with Crippen LogP contribution in [0, 0.1) is 19.8 Å². The minimum Gasteiger partial charge on any atom is -0.489 e. The van der Waals surface area contributed by atoms with E-state index in [4.69, 9.17) is 9.47 Å². The number of hydrogen-bond donors (Lipinski definition) is 0. The number of carbonyl (C=O) groups is 2. The summed E-state index contributed by atoms with van der Waals surface area (Å²) in [5, 5.41) is 0. The average Bonchev–Trinajstić information content (AvgIpc) is 3.24. The van der Waals surface area contributed by atoms with Crippen molar-refractivity contribution in [2.75, 3.05) is 6.61 Å². The van der Waals surface area contributed by atoms with Gasteiger partial charge in [0.1, 0.15) is 19.0 Å². The van der Waals surface area contributed by atoms with Crippen LogP contribution in [0.3, 0.4) is 0 Å². The molecule has 2 amide bonds. The van der Waals surface area contributed by atoms with Gasteiger partial charge in [-0.3, -0.25) is 4.79 Å². The number of carbonyl (C=O) groups excluding carboxylic acids is 2. The average molecular weight is 484 g/mol. The highest BCUT2D eigenvalue weighted by Gasteiger charge is 2.40. The molecule has 5 heteroatoms. The van der Waals surface area contributed by atoms with E-state index in [-0.39, 0.29) is 18.6 Å². The predicted molar refractivity (Wildman–Crippen MR) is 141 cm³/mol. The number of benzene rings is 3. The van der Waals surface area contributed by atoms with Crippen LogP contribution in [0.5, 0.6) is 5.75 Å². The maximum atomic E-state index is 13.7. The van der Waals surface area contributed by atoms with E-state index in [0.717, 1.165) is 33.6 Å². The third kappa shape index (κ3) is 6.03. The van der Waals surface area contributed by atoms with Gasteiger partial charge >= 0.3 is 6.09 Å². The summed E-state index contributed by atoms with van der Waals surface area (Å²) in [4.78, 5) is 27.6. The van der Waals surface area contributed by atoms with Crippen LogP contribution in [0.15, 0.2) is 85.5 Å². The van der Waals surface area contributed by atoms with Crippen molar-refractivity contribution in [1.82, 2.24) is 4.90 Å². The van der Waals surface area contributed by atoms with Crippen molar-refractivity contribution in [3.63, 3.8) is 0 Å². The first-order valence-corrected chi connectivity index (χ1v) is 12.4. The van der Waals surface area contributed by atoms with Crippen LogP contribution >= 0.6 is 0 Å². The van der Waals surface area contributed by atoms with Crippen molar-refractivity contribution in [2.24, 2.45) is 5.92 Å². The van der Waals surface area contributed by atoms with Gasteiger partial charge in [0.05, 0.1) is 6.04 Å². The highest BCUT2D eigenvalue weighted by molar-refractivity contribution is 5.95. The number of aryl methyl sites for hydroxylation is 2. The number of cyclic esters (lactones) is 1. The smallest absolute Gasteiger partial charge is 0.416 e. The lowest BCUT2D eigenvalue weighted by Gasteiger charge is -2.25. The Kier molecular flexibility index (Phi) is 8.21. The molecule has 0 aromatic heterocycles. The molecular formula is C31H33NO4. The molecule has 0 bridgehead atoms. The third-order valence-corrected chi connectivity index (χ3v) is 6.68. The van der Waals surface area contributed by atoms with Gasteiger partial charge in [-0.25, -0.2) is 9.69 Å². The number of imide groups is 1. The zero-order valence-corrected chi connectivity index (χ0v) is 21.0. The molecule has 1 heterocycles. The largest absolute Gasteiger partial charge is 0.489 e. The van der Waals surface area contributed by atoms with Crippen molar-refractivity contribution in [2.45, 2.75) is 45.8 Å². The van der Waals surface area contributed by atoms with E-state index in [9.17, 15) is 9.59 Å². The van der Waals surface area contributed by atoms with Crippen LogP contribution in [0.2, 0.25) is 0 Å². The Bertz CT molecular complexity index is 1180. The van der Waals surface area contributed by atoms with E-state index >= 15 is 0 Å². The Hall–Kier alpha value is -3.86. The fourth-order valence-electron chi connectivity index (χ4n) is 4.78. The number of rotatable bonds is 10. The standard InChI is InChI=1S/C31H33NO4/c1-4-11-26(30(33)32-27(21-36-31(32)34)18-24-12-7-5-8-13-24)19-29-22(2)16-28(17-23(29)3)35-20-25-14-9-6-10-15-25/h4-10,12-17,26-27H,1,11,18-21H2,2-3H3. The molecule has 0 aliphatic carbocycles. The number of allylic oxidation sites excluding steroid dienone is 1. The van der Waals surface area contributed by atoms with Crippen molar-refractivity contribution in [3.05, 3.63) is 113 Å². The molecule has 0 N–H and O–H groups in total. The van der Waals surface area contributed by atoms with Gasteiger partial charge in [0.25, 0.3) is 0 Å². The van der Waals surface area contributed by atoms with Crippen molar-refractivity contribution in [3.8, 4) is 5.75 Å². The molecule has 36 heavy (non-hydrogen) atoms. The van der Waals surface area contributed by atoms with Crippen LogP contribution < -0.4 is 4.74 Å². The van der Waals surface area contributed by atoms with Gasteiger partial charge in [-0.05, 0) is 73.1 Å². The van der Waals surface area contributed by atoms with E-state index in [2.05, 4.69) is 6.58 Å². The molecule has 5 nitrogen and oxygen atoms in total. The van der Waals surface area contributed by atoms with Gasteiger partial charge in [-0.15, -0.1) is 6.58 Å². The quantitative estimate of drug-likeness (QED) is 0.322. The van der Waals surface area contributed by atoms with Crippen LogP contribution in [0.4, 0.5) is 4.79 Å². The summed E-state index contributed by atoms with van der Waals surface area (Å²) < 4.78 is 11.3. The first-order chi connectivity index (χ1) is 17.5. The van der Waals surface area contributed by atoms with E-state index < -0.39 is 12.0 Å². The molecule has 1 saturated heterocycles. The second kappa shape index (κ2) is 11.7. The molecule has 3 aromatic carbocycles. The minimum absolute atomic E-state index is 0.207. The summed E-state index contributed by atoms with van der Waals surface area (Å²) in [6, 6.07) is 23.6. The van der Waals surface area contributed by atoms with E-state index in [1.165, 1.54) is 4.90 Å². The molecule has 2 atom stereocenters. The van der Waals surface area contributed by atoms with Crippen LogP contribution in [-0.2, 0) is 29.0 Å². The Morgan fingerprint density at radius 1 is 1.06 bits per heavy atom. The molecule has 4 rings (SSSR count). The zero-order chi connectivity index (χ0) is 25.5. The fraction of sp³-hybridized carbons (Fsp3) is 0.290. The molecule has 0 radical (unpaired) electrons. The monoisotopic (exact) mass is 483 g/mol. The van der Waals surface area contributed by atoms with Gasteiger partial charge in [-0.2, -0.15) is 0 Å². The Balaban J connectivity index is 1.49. The highest BCUT2D eigenvalue weighted by atomic mass is 16.6. The van der Waals surface area contributed by atoms with Crippen LogP contribution in [0.25, 0.3) is 0 Å². The number of ether oxygens (including phenoxy) is 2. The molecule has 1 aliphatic heterocycles. The summed E-state index contributed by atoms with van der Waals surface area (Å²) >= 11 is 0. The van der Waals surface area contributed by atoms with Crippen molar-refractivity contribution in [1.29, 1.82) is 0 Å². The van der Waals surface area contributed by atoms with Crippen molar-refractivity contribution < 1.29 is 19.1 Å². The first-order valence-electron chi connectivity index (χ1n) is 12.4. The number of hydrogen-bond acceptors (Lipinski definition) is 4.